The third-order valence-corrected chi connectivity index (χ3v) is 3.30. The molecule has 0 N–H and O–H groups in total. The van der Waals surface area contributed by atoms with Crippen LogP contribution in [0.3, 0.4) is 0 Å². The van der Waals surface area contributed by atoms with Gasteiger partial charge < -0.3 is 14.4 Å². The van der Waals surface area contributed by atoms with Gasteiger partial charge in [0.15, 0.2) is 0 Å². The van der Waals surface area contributed by atoms with Crippen molar-refractivity contribution in [2.24, 2.45) is 0 Å². The molecule has 0 fully saturated rings. The van der Waals surface area contributed by atoms with E-state index in [4.69, 9.17) is 9.47 Å². The number of benzene rings is 2. The monoisotopic (exact) mass is 313 g/mol. The van der Waals surface area contributed by atoms with Crippen LogP contribution in [0.5, 0.6) is 5.75 Å². The maximum absolute atomic E-state index is 12.4. The second-order valence-electron chi connectivity index (χ2n) is 5.16. The van der Waals surface area contributed by atoms with Gasteiger partial charge in [-0.1, -0.05) is 36.4 Å². The second-order valence-corrected chi connectivity index (χ2v) is 5.16. The van der Waals surface area contributed by atoms with Crippen LogP contribution >= 0.6 is 0 Å². The fourth-order valence-corrected chi connectivity index (χ4v) is 2.05. The minimum Gasteiger partial charge on any atom is -0.497 e. The van der Waals surface area contributed by atoms with Crippen molar-refractivity contribution in [3.63, 3.8) is 0 Å². The number of hydrogen-bond donors (Lipinski definition) is 0. The van der Waals surface area contributed by atoms with E-state index in [0.717, 1.165) is 0 Å². The zero-order valence-electron chi connectivity index (χ0n) is 13.4. The van der Waals surface area contributed by atoms with E-state index in [1.807, 2.05) is 6.07 Å². The van der Waals surface area contributed by atoms with Gasteiger partial charge in [0.25, 0.3) is 5.91 Å². The van der Waals surface area contributed by atoms with Crippen LogP contribution < -0.4 is 4.74 Å². The maximum atomic E-state index is 12.4. The summed E-state index contributed by atoms with van der Waals surface area (Å²) in [5, 5.41) is 0. The van der Waals surface area contributed by atoms with E-state index < -0.39 is 12.1 Å². The first-order valence-electron chi connectivity index (χ1n) is 7.14. The van der Waals surface area contributed by atoms with Crippen molar-refractivity contribution >= 4 is 11.9 Å². The van der Waals surface area contributed by atoms with E-state index in [0.29, 0.717) is 16.9 Å². The molecular formula is C18H19NO4. The van der Waals surface area contributed by atoms with Crippen LogP contribution in [0.1, 0.15) is 22.0 Å². The summed E-state index contributed by atoms with van der Waals surface area (Å²) in [6.45, 7) is 0. The maximum Gasteiger partial charge on any atom is 0.339 e. The Morgan fingerprint density at radius 2 is 1.70 bits per heavy atom. The van der Waals surface area contributed by atoms with Crippen molar-refractivity contribution in [1.29, 1.82) is 0 Å². The van der Waals surface area contributed by atoms with Crippen LogP contribution in [-0.4, -0.2) is 38.0 Å². The molecule has 0 aromatic heterocycles. The van der Waals surface area contributed by atoms with Gasteiger partial charge in [-0.3, -0.25) is 4.79 Å². The number of hydrogen-bond acceptors (Lipinski definition) is 4. The van der Waals surface area contributed by atoms with Crippen LogP contribution in [-0.2, 0) is 9.53 Å². The smallest absolute Gasteiger partial charge is 0.339 e. The Labute approximate surface area is 135 Å². The second kappa shape index (κ2) is 7.45. The lowest BCUT2D eigenvalue weighted by atomic mass is 10.1. The number of carbonyl (C=O) groups excluding carboxylic acids is 2. The Hall–Kier alpha value is -2.82. The molecule has 2 rings (SSSR count). The third kappa shape index (κ3) is 4.10. The van der Waals surface area contributed by atoms with Crippen molar-refractivity contribution in [3.8, 4) is 5.75 Å². The summed E-state index contributed by atoms with van der Waals surface area (Å²) in [5.74, 6) is -0.324. The molecular weight excluding hydrogens is 294 g/mol. The zero-order chi connectivity index (χ0) is 16.8. The summed E-state index contributed by atoms with van der Waals surface area (Å²) in [5.41, 5.74) is 0.958. The Balaban J connectivity index is 2.26. The predicted molar refractivity (Wildman–Crippen MR) is 86.3 cm³/mol. The summed E-state index contributed by atoms with van der Waals surface area (Å²) in [7, 11) is 4.77. The Kier molecular flexibility index (Phi) is 5.36. The van der Waals surface area contributed by atoms with Crippen molar-refractivity contribution in [2.75, 3.05) is 21.2 Å². The number of esters is 1. The standard InChI is InChI=1S/C18H19NO4/c1-19(2)17(20)16(13-8-5-4-6-9-13)23-18(21)14-10-7-11-15(12-14)22-3/h4-12,16H,1-3H3/t16-/m0/s1. The molecule has 5 nitrogen and oxygen atoms in total. The summed E-state index contributed by atoms with van der Waals surface area (Å²) in [6.07, 6.45) is -0.982. The van der Waals surface area contributed by atoms with Crippen molar-refractivity contribution in [1.82, 2.24) is 4.90 Å². The lowest BCUT2D eigenvalue weighted by Crippen LogP contribution is -2.31. The third-order valence-electron chi connectivity index (χ3n) is 3.30. The molecule has 2 aromatic carbocycles. The largest absolute Gasteiger partial charge is 0.497 e. The lowest BCUT2D eigenvalue weighted by Gasteiger charge is -2.21. The minimum absolute atomic E-state index is 0.299. The molecule has 1 amide bonds. The first kappa shape index (κ1) is 16.5. The molecule has 0 aliphatic rings. The van der Waals surface area contributed by atoms with Crippen LogP contribution in [0, 0.1) is 0 Å². The van der Waals surface area contributed by atoms with Gasteiger partial charge in [0, 0.05) is 19.7 Å². The highest BCUT2D eigenvalue weighted by molar-refractivity contribution is 5.93. The first-order valence-corrected chi connectivity index (χ1v) is 7.14. The number of likely N-dealkylation sites (N-methyl/N-ethyl adjacent to an activating group) is 1. The summed E-state index contributed by atoms with van der Waals surface area (Å²) in [6, 6.07) is 15.6. The molecule has 0 spiro atoms. The van der Waals surface area contributed by atoms with Crippen LogP contribution in [0.4, 0.5) is 0 Å². The average Bonchev–Trinajstić information content (AvgIpc) is 2.59. The molecule has 5 heteroatoms. The molecule has 23 heavy (non-hydrogen) atoms. The molecule has 0 unspecified atom stereocenters. The highest BCUT2D eigenvalue weighted by Crippen LogP contribution is 2.22. The predicted octanol–water partition coefficient (Wildman–Crippen LogP) is 2.68. The van der Waals surface area contributed by atoms with Crippen LogP contribution in [0.25, 0.3) is 0 Å². The van der Waals surface area contributed by atoms with Gasteiger partial charge in [-0.15, -0.1) is 0 Å². The minimum atomic E-state index is -0.982. The van der Waals surface area contributed by atoms with Gasteiger partial charge in [0.1, 0.15) is 5.75 Å². The van der Waals surface area contributed by atoms with Gasteiger partial charge in [-0.2, -0.15) is 0 Å². The number of methoxy groups -OCH3 is 1. The summed E-state index contributed by atoms with van der Waals surface area (Å²) in [4.78, 5) is 26.1. The lowest BCUT2D eigenvalue weighted by molar-refractivity contribution is -0.138. The Morgan fingerprint density at radius 1 is 1.00 bits per heavy atom. The number of ether oxygens (including phenoxy) is 2. The molecule has 2 aromatic rings. The number of carbonyl (C=O) groups is 2. The first-order chi connectivity index (χ1) is 11.0. The van der Waals surface area contributed by atoms with E-state index >= 15 is 0 Å². The van der Waals surface area contributed by atoms with Crippen LogP contribution in [0.15, 0.2) is 54.6 Å². The molecule has 0 aliphatic heterocycles. The SMILES string of the molecule is COc1cccc(C(=O)O[C@H](C(=O)N(C)C)c2ccccc2)c1. The van der Waals surface area contributed by atoms with E-state index in [1.165, 1.54) is 12.0 Å². The Morgan fingerprint density at radius 3 is 2.30 bits per heavy atom. The van der Waals surface area contributed by atoms with Gasteiger partial charge in [-0.25, -0.2) is 4.79 Å². The van der Waals surface area contributed by atoms with E-state index in [9.17, 15) is 9.59 Å². The van der Waals surface area contributed by atoms with E-state index in [2.05, 4.69) is 0 Å². The Bertz CT molecular complexity index is 682. The quantitative estimate of drug-likeness (QED) is 0.796. The van der Waals surface area contributed by atoms with Gasteiger partial charge in [0.05, 0.1) is 12.7 Å². The molecule has 0 aliphatic carbocycles. The fraction of sp³-hybridized carbons (Fsp3) is 0.222. The van der Waals surface area contributed by atoms with Gasteiger partial charge >= 0.3 is 5.97 Å². The fourth-order valence-electron chi connectivity index (χ4n) is 2.05. The molecule has 0 radical (unpaired) electrons. The topological polar surface area (TPSA) is 55.8 Å². The summed E-state index contributed by atoms with van der Waals surface area (Å²) < 4.78 is 10.6. The van der Waals surface area contributed by atoms with Gasteiger partial charge in [0.2, 0.25) is 6.10 Å². The number of amides is 1. The molecule has 1 atom stereocenters. The van der Waals surface area contributed by atoms with E-state index in [-0.39, 0.29) is 5.91 Å². The highest BCUT2D eigenvalue weighted by Gasteiger charge is 2.27. The highest BCUT2D eigenvalue weighted by atomic mass is 16.5. The number of nitrogens with zero attached hydrogens (tertiary/aromatic N) is 1. The average molecular weight is 313 g/mol. The zero-order valence-corrected chi connectivity index (χ0v) is 13.4. The molecule has 120 valence electrons. The van der Waals surface area contributed by atoms with Crippen LogP contribution in [0.2, 0.25) is 0 Å². The van der Waals surface area contributed by atoms with Crippen molar-refractivity contribution in [3.05, 3.63) is 65.7 Å². The van der Waals surface area contributed by atoms with Crippen molar-refractivity contribution in [2.45, 2.75) is 6.10 Å². The number of rotatable bonds is 5. The normalized spacial score (nSPS) is 11.4. The molecule has 0 saturated carbocycles. The van der Waals surface area contributed by atoms with E-state index in [1.54, 1.807) is 62.6 Å². The molecule has 0 heterocycles. The van der Waals surface area contributed by atoms with Crippen molar-refractivity contribution < 1.29 is 19.1 Å². The molecule has 0 saturated heterocycles. The summed E-state index contributed by atoms with van der Waals surface area (Å²) >= 11 is 0. The van der Waals surface area contributed by atoms with Gasteiger partial charge in [-0.05, 0) is 18.2 Å². The molecule has 0 bridgehead atoms.